The van der Waals surface area contributed by atoms with Gasteiger partial charge in [-0.3, -0.25) is 14.6 Å². The molecule has 12 heteroatoms. The van der Waals surface area contributed by atoms with Gasteiger partial charge in [0.15, 0.2) is 11.3 Å². The summed E-state index contributed by atoms with van der Waals surface area (Å²) < 4.78 is 58.1. The minimum atomic E-state index is -0.318. The van der Waals surface area contributed by atoms with Crippen LogP contribution in [0.2, 0.25) is 0 Å². The van der Waals surface area contributed by atoms with Gasteiger partial charge in [0.25, 0.3) is 0 Å². The quantitative estimate of drug-likeness (QED) is 0.149. The van der Waals surface area contributed by atoms with Gasteiger partial charge in [0.05, 0.1) is 17.6 Å². The lowest BCUT2D eigenvalue weighted by molar-refractivity contribution is 0.627. The molecule has 0 aliphatic heterocycles. The van der Waals surface area contributed by atoms with Crippen molar-refractivity contribution in [2.45, 2.75) is 13.5 Å². The van der Waals surface area contributed by atoms with Gasteiger partial charge in [-0.1, -0.05) is 24.3 Å². The van der Waals surface area contributed by atoms with Gasteiger partial charge < -0.3 is 0 Å². The SMILES string of the molecule is CCn1ncc2c(-c3ccc(F)cc3)c(-c3ccncc3)c(-c3ccc(F)cc3)nc21.Cn1cc2c(-c3ccc(F)cc3)c(-c3ccncc3)c(-c3ccc(F)cc3)nc2n1. The summed E-state index contributed by atoms with van der Waals surface area (Å²) in [6.45, 7) is 2.65. The van der Waals surface area contributed by atoms with Crippen molar-refractivity contribution in [1.29, 1.82) is 0 Å². The Morgan fingerprint density at radius 1 is 0.459 bits per heavy atom. The van der Waals surface area contributed by atoms with E-state index < -0.39 is 0 Å². The molecule has 4 aromatic carbocycles. The van der Waals surface area contributed by atoms with E-state index in [4.69, 9.17) is 9.97 Å². The van der Waals surface area contributed by atoms with Gasteiger partial charge in [0.1, 0.15) is 23.3 Å². The van der Waals surface area contributed by atoms with Crippen molar-refractivity contribution in [2.75, 3.05) is 0 Å². The van der Waals surface area contributed by atoms with Crippen molar-refractivity contribution < 1.29 is 17.6 Å². The lowest BCUT2D eigenvalue weighted by Gasteiger charge is -2.17. The molecule has 0 fully saturated rings. The summed E-state index contributed by atoms with van der Waals surface area (Å²) in [7, 11) is 1.83. The van der Waals surface area contributed by atoms with E-state index in [1.54, 1.807) is 84.2 Å². The molecule has 0 radical (unpaired) electrons. The van der Waals surface area contributed by atoms with Gasteiger partial charge in [-0.25, -0.2) is 32.2 Å². The van der Waals surface area contributed by atoms with Crippen molar-refractivity contribution >= 4 is 22.1 Å². The number of aromatic nitrogens is 8. The first-order valence-corrected chi connectivity index (χ1v) is 19.4. The van der Waals surface area contributed by atoms with Crippen LogP contribution < -0.4 is 0 Å². The largest absolute Gasteiger partial charge is 0.273 e. The molecule has 0 aliphatic rings. The molecule has 10 rings (SSSR count). The molecule has 298 valence electrons. The molecule has 0 atom stereocenters. The van der Waals surface area contributed by atoms with Crippen molar-refractivity contribution in [3.05, 3.63) is 182 Å². The maximum atomic E-state index is 13.7. The fraction of sp³-hybridized carbons (Fsp3) is 0.0612. The number of nitrogens with zero attached hydrogens (tertiary/aromatic N) is 8. The first-order chi connectivity index (χ1) is 29.7. The van der Waals surface area contributed by atoms with Crippen LogP contribution in [0.15, 0.2) is 159 Å². The monoisotopic (exact) mass is 810 g/mol. The van der Waals surface area contributed by atoms with Crippen LogP contribution in [-0.4, -0.2) is 39.5 Å². The predicted octanol–water partition coefficient (Wildman–Crippen LogP) is 11.8. The van der Waals surface area contributed by atoms with E-state index in [2.05, 4.69) is 20.2 Å². The molecule has 0 saturated carbocycles. The van der Waals surface area contributed by atoms with E-state index in [-0.39, 0.29) is 23.3 Å². The Hall–Kier alpha value is -7.86. The molecule has 0 saturated heterocycles. The smallest absolute Gasteiger partial charge is 0.182 e. The Bertz CT molecular complexity index is 3130. The van der Waals surface area contributed by atoms with Gasteiger partial charge in [-0.2, -0.15) is 10.2 Å². The second-order valence-corrected chi connectivity index (χ2v) is 14.2. The van der Waals surface area contributed by atoms with E-state index >= 15 is 0 Å². The number of halogens is 4. The maximum absolute atomic E-state index is 13.7. The summed E-state index contributed by atoms with van der Waals surface area (Å²) in [5.74, 6) is -1.24. The molecule has 0 N–H and O–H groups in total. The van der Waals surface area contributed by atoms with Gasteiger partial charge in [0, 0.05) is 88.7 Å². The number of fused-ring (bicyclic) bond motifs is 2. The first kappa shape index (κ1) is 38.6. The highest BCUT2D eigenvalue weighted by atomic mass is 19.1. The van der Waals surface area contributed by atoms with Crippen molar-refractivity contribution in [2.24, 2.45) is 7.05 Å². The third kappa shape index (κ3) is 7.62. The van der Waals surface area contributed by atoms with Gasteiger partial charge in [-0.05, 0) is 126 Å². The van der Waals surface area contributed by atoms with Crippen LogP contribution in [-0.2, 0) is 13.6 Å². The lowest BCUT2D eigenvalue weighted by Crippen LogP contribution is -2.01. The molecule has 8 nitrogen and oxygen atoms in total. The molecular formula is C49H34F4N8. The lowest BCUT2D eigenvalue weighted by atomic mass is 9.89. The first-order valence-electron chi connectivity index (χ1n) is 19.4. The normalized spacial score (nSPS) is 11.2. The fourth-order valence-electron chi connectivity index (χ4n) is 7.54. The topological polar surface area (TPSA) is 87.2 Å². The summed E-state index contributed by atoms with van der Waals surface area (Å²) in [6, 6.07) is 32.9. The second kappa shape index (κ2) is 16.4. The number of rotatable bonds is 7. The summed E-state index contributed by atoms with van der Waals surface area (Å²) in [4.78, 5) is 18.1. The van der Waals surface area contributed by atoms with Gasteiger partial charge in [-0.15, -0.1) is 0 Å². The number of pyridine rings is 4. The fourth-order valence-corrected chi connectivity index (χ4v) is 7.54. The highest BCUT2D eigenvalue weighted by Gasteiger charge is 2.23. The highest BCUT2D eigenvalue weighted by Crippen LogP contribution is 2.44. The Morgan fingerprint density at radius 2 is 0.852 bits per heavy atom. The Balaban J connectivity index is 0.000000156. The van der Waals surface area contributed by atoms with Crippen LogP contribution in [0.4, 0.5) is 17.6 Å². The van der Waals surface area contributed by atoms with Crippen molar-refractivity contribution in [3.63, 3.8) is 0 Å². The molecule has 0 spiro atoms. The van der Waals surface area contributed by atoms with Gasteiger partial charge >= 0.3 is 0 Å². The molecule has 0 aliphatic carbocycles. The summed E-state index contributed by atoms with van der Waals surface area (Å²) in [6.07, 6.45) is 10.6. The van der Waals surface area contributed by atoms with Crippen LogP contribution in [0.1, 0.15) is 6.92 Å². The van der Waals surface area contributed by atoms with E-state index in [0.29, 0.717) is 23.6 Å². The molecule has 10 aromatic rings. The number of aryl methyl sites for hydroxylation is 2. The maximum Gasteiger partial charge on any atom is 0.182 e. The summed E-state index contributed by atoms with van der Waals surface area (Å²) in [5, 5.41) is 10.7. The molecule has 0 unspecified atom stereocenters. The van der Waals surface area contributed by atoms with Crippen LogP contribution in [0, 0.1) is 23.3 Å². The highest BCUT2D eigenvalue weighted by molar-refractivity contribution is 6.07. The minimum absolute atomic E-state index is 0.303. The zero-order chi connectivity index (χ0) is 42.0. The molecule has 0 bridgehead atoms. The van der Waals surface area contributed by atoms with Crippen LogP contribution >= 0.6 is 0 Å². The third-order valence-corrected chi connectivity index (χ3v) is 10.3. The minimum Gasteiger partial charge on any atom is -0.273 e. The van der Waals surface area contributed by atoms with E-state index in [1.165, 1.54) is 48.5 Å². The van der Waals surface area contributed by atoms with Crippen molar-refractivity contribution in [3.8, 4) is 67.0 Å². The van der Waals surface area contributed by atoms with E-state index in [0.717, 1.165) is 72.1 Å². The average Bonchev–Trinajstić information content (AvgIpc) is 3.89. The van der Waals surface area contributed by atoms with Crippen LogP contribution in [0.25, 0.3) is 89.1 Å². The van der Waals surface area contributed by atoms with Crippen LogP contribution in [0.3, 0.4) is 0 Å². The third-order valence-electron chi connectivity index (χ3n) is 10.3. The molecule has 6 heterocycles. The number of hydrogen-bond donors (Lipinski definition) is 0. The van der Waals surface area contributed by atoms with Crippen LogP contribution in [0.5, 0.6) is 0 Å². The standard InChI is InChI=1S/C25H18F2N4.C24H16F2N4/c1-2-31-25-21(15-29-31)22(16-3-7-19(26)8-4-16)23(17-11-13-28-14-12-17)24(30-25)18-5-9-20(27)10-6-18;1-30-14-20-21(15-2-6-18(25)7-3-15)22(16-10-12-27-13-11-16)23(28-24(20)29-30)17-4-8-19(26)9-5-17/h3-15H,2H2,1H3;2-14H,1H3. The number of hydrogen-bond acceptors (Lipinski definition) is 6. The molecule has 6 aromatic heterocycles. The zero-order valence-electron chi connectivity index (χ0n) is 32.8. The predicted molar refractivity (Wildman–Crippen MR) is 230 cm³/mol. The summed E-state index contributed by atoms with van der Waals surface area (Å²) >= 11 is 0. The zero-order valence-corrected chi connectivity index (χ0v) is 32.8. The molecule has 0 amide bonds. The number of benzene rings is 4. The van der Waals surface area contributed by atoms with E-state index in [9.17, 15) is 17.6 Å². The second-order valence-electron chi connectivity index (χ2n) is 14.2. The Morgan fingerprint density at radius 3 is 1.30 bits per heavy atom. The molecule has 61 heavy (non-hydrogen) atoms. The molecular weight excluding hydrogens is 777 g/mol. The van der Waals surface area contributed by atoms with E-state index in [1.807, 2.05) is 49.1 Å². The van der Waals surface area contributed by atoms with Gasteiger partial charge in [0.2, 0.25) is 0 Å². The Kier molecular flexibility index (Phi) is 10.4. The Labute approximate surface area is 347 Å². The average molecular weight is 811 g/mol. The summed E-state index contributed by atoms with van der Waals surface area (Å²) in [5.41, 5.74) is 11.2. The van der Waals surface area contributed by atoms with Crippen molar-refractivity contribution in [1.82, 2.24) is 39.5 Å².